The van der Waals surface area contributed by atoms with Crippen molar-refractivity contribution in [3.63, 3.8) is 0 Å². The van der Waals surface area contributed by atoms with Crippen molar-refractivity contribution >= 4 is 11.8 Å². The fraction of sp³-hybridized carbons (Fsp3) is 0.579. The van der Waals surface area contributed by atoms with E-state index in [0.29, 0.717) is 13.0 Å². The standard InChI is InChI=1S/C19H27N3O2/c23-18(9-8-15-5-2-1-3-6-15)22-12-10-17(14-22)21-19(24)16-7-4-11-20-13-16/h1-3,5-6,16-17,20H,4,7-14H2,(H,21,24). The van der Waals surface area contributed by atoms with E-state index in [-0.39, 0.29) is 23.8 Å². The van der Waals surface area contributed by atoms with Crippen LogP contribution in [0.15, 0.2) is 30.3 Å². The zero-order chi connectivity index (χ0) is 16.8. The minimum Gasteiger partial charge on any atom is -0.351 e. The topological polar surface area (TPSA) is 61.4 Å². The molecule has 3 rings (SSSR count). The molecule has 2 aliphatic heterocycles. The molecule has 130 valence electrons. The Morgan fingerprint density at radius 2 is 2.04 bits per heavy atom. The lowest BCUT2D eigenvalue weighted by Crippen LogP contribution is -2.45. The summed E-state index contributed by atoms with van der Waals surface area (Å²) in [5.74, 6) is 0.419. The van der Waals surface area contributed by atoms with Gasteiger partial charge in [-0.3, -0.25) is 9.59 Å². The Balaban J connectivity index is 1.41. The van der Waals surface area contributed by atoms with E-state index < -0.39 is 0 Å². The maximum absolute atomic E-state index is 12.4. The van der Waals surface area contributed by atoms with Gasteiger partial charge in [-0.15, -0.1) is 0 Å². The van der Waals surface area contributed by atoms with E-state index in [1.165, 1.54) is 5.56 Å². The molecule has 2 aliphatic rings. The second-order valence-electron chi connectivity index (χ2n) is 6.86. The summed E-state index contributed by atoms with van der Waals surface area (Å²) in [4.78, 5) is 26.5. The summed E-state index contributed by atoms with van der Waals surface area (Å²) < 4.78 is 0. The second kappa shape index (κ2) is 8.29. The van der Waals surface area contributed by atoms with Gasteiger partial charge in [-0.25, -0.2) is 0 Å². The van der Waals surface area contributed by atoms with Gasteiger partial charge in [0.2, 0.25) is 11.8 Å². The highest BCUT2D eigenvalue weighted by Crippen LogP contribution is 2.15. The van der Waals surface area contributed by atoms with Gasteiger partial charge in [0, 0.05) is 32.1 Å². The van der Waals surface area contributed by atoms with Gasteiger partial charge in [-0.05, 0) is 37.8 Å². The van der Waals surface area contributed by atoms with Gasteiger partial charge in [-0.1, -0.05) is 30.3 Å². The van der Waals surface area contributed by atoms with Crippen LogP contribution in [-0.4, -0.2) is 48.9 Å². The van der Waals surface area contributed by atoms with E-state index in [2.05, 4.69) is 22.8 Å². The van der Waals surface area contributed by atoms with E-state index >= 15 is 0 Å². The molecule has 1 aromatic rings. The highest BCUT2D eigenvalue weighted by molar-refractivity contribution is 5.80. The first-order valence-corrected chi connectivity index (χ1v) is 9.05. The minimum atomic E-state index is 0.0848. The van der Waals surface area contributed by atoms with Crippen LogP contribution in [0.4, 0.5) is 0 Å². The molecule has 0 spiro atoms. The van der Waals surface area contributed by atoms with E-state index in [1.54, 1.807) is 0 Å². The zero-order valence-electron chi connectivity index (χ0n) is 14.2. The number of hydrogen-bond acceptors (Lipinski definition) is 3. The molecule has 5 nitrogen and oxygen atoms in total. The first kappa shape index (κ1) is 17.0. The summed E-state index contributed by atoms with van der Waals surface area (Å²) >= 11 is 0. The quantitative estimate of drug-likeness (QED) is 0.857. The lowest BCUT2D eigenvalue weighted by Gasteiger charge is -2.24. The van der Waals surface area contributed by atoms with Crippen LogP contribution >= 0.6 is 0 Å². The van der Waals surface area contributed by atoms with Crippen LogP contribution < -0.4 is 10.6 Å². The lowest BCUT2D eigenvalue weighted by molar-refractivity contribution is -0.131. The van der Waals surface area contributed by atoms with Crippen molar-refractivity contribution in [2.45, 2.75) is 38.1 Å². The van der Waals surface area contributed by atoms with Crippen LogP contribution in [0.2, 0.25) is 0 Å². The highest BCUT2D eigenvalue weighted by atomic mass is 16.2. The third kappa shape index (κ3) is 4.57. The van der Waals surface area contributed by atoms with Crippen molar-refractivity contribution in [3.8, 4) is 0 Å². The molecule has 0 radical (unpaired) electrons. The second-order valence-corrected chi connectivity index (χ2v) is 6.86. The molecule has 0 aromatic heterocycles. The number of rotatable bonds is 5. The molecule has 2 amide bonds. The molecule has 0 bridgehead atoms. The number of benzene rings is 1. The highest BCUT2D eigenvalue weighted by Gasteiger charge is 2.29. The molecule has 2 fully saturated rings. The first-order valence-electron chi connectivity index (χ1n) is 9.05. The van der Waals surface area contributed by atoms with Crippen LogP contribution in [0.25, 0.3) is 0 Å². The summed E-state index contributed by atoms with van der Waals surface area (Å²) in [5.41, 5.74) is 1.19. The third-order valence-corrected chi connectivity index (χ3v) is 5.03. The van der Waals surface area contributed by atoms with Crippen LogP contribution in [0.1, 0.15) is 31.2 Å². The van der Waals surface area contributed by atoms with Gasteiger partial charge >= 0.3 is 0 Å². The van der Waals surface area contributed by atoms with Crippen molar-refractivity contribution in [1.82, 2.24) is 15.5 Å². The van der Waals surface area contributed by atoms with Gasteiger partial charge in [0.05, 0.1) is 5.92 Å². The van der Waals surface area contributed by atoms with Crippen LogP contribution in [0.5, 0.6) is 0 Å². The Kier molecular flexibility index (Phi) is 5.86. The summed E-state index contributed by atoms with van der Waals surface area (Å²) in [6, 6.07) is 10.2. The van der Waals surface area contributed by atoms with Crippen molar-refractivity contribution < 1.29 is 9.59 Å². The van der Waals surface area contributed by atoms with Crippen molar-refractivity contribution in [2.24, 2.45) is 5.92 Å². The minimum absolute atomic E-state index is 0.0848. The Bertz CT molecular complexity index is 555. The molecular weight excluding hydrogens is 302 g/mol. The van der Waals surface area contributed by atoms with Crippen LogP contribution in [-0.2, 0) is 16.0 Å². The zero-order valence-corrected chi connectivity index (χ0v) is 14.2. The number of hydrogen-bond donors (Lipinski definition) is 2. The Morgan fingerprint density at radius 3 is 2.79 bits per heavy atom. The molecule has 2 heterocycles. The Labute approximate surface area is 143 Å². The van der Waals surface area contributed by atoms with Gasteiger partial charge in [0.15, 0.2) is 0 Å². The monoisotopic (exact) mass is 329 g/mol. The molecule has 2 unspecified atom stereocenters. The van der Waals surface area contributed by atoms with Crippen molar-refractivity contribution in [3.05, 3.63) is 35.9 Å². The summed E-state index contributed by atoms with van der Waals surface area (Å²) in [6.07, 6.45) is 4.21. The predicted molar refractivity (Wildman–Crippen MR) is 93.5 cm³/mol. The maximum Gasteiger partial charge on any atom is 0.224 e. The molecule has 2 atom stereocenters. The van der Waals surface area contributed by atoms with E-state index in [0.717, 1.165) is 45.3 Å². The van der Waals surface area contributed by atoms with Crippen LogP contribution in [0, 0.1) is 5.92 Å². The van der Waals surface area contributed by atoms with Crippen molar-refractivity contribution in [2.75, 3.05) is 26.2 Å². The van der Waals surface area contributed by atoms with E-state index in [9.17, 15) is 9.59 Å². The largest absolute Gasteiger partial charge is 0.351 e. The molecule has 0 aliphatic carbocycles. The first-order chi connectivity index (χ1) is 11.7. The number of piperidine rings is 1. The normalized spacial score (nSPS) is 23.9. The number of amides is 2. The number of carbonyl (C=O) groups is 2. The fourth-order valence-corrected chi connectivity index (χ4v) is 3.55. The summed E-state index contributed by atoms with van der Waals surface area (Å²) in [7, 11) is 0. The Hall–Kier alpha value is -1.88. The fourth-order valence-electron chi connectivity index (χ4n) is 3.55. The van der Waals surface area contributed by atoms with Gasteiger partial charge in [-0.2, -0.15) is 0 Å². The van der Waals surface area contributed by atoms with E-state index in [1.807, 2.05) is 23.1 Å². The molecule has 2 N–H and O–H groups in total. The van der Waals surface area contributed by atoms with Crippen molar-refractivity contribution in [1.29, 1.82) is 0 Å². The number of likely N-dealkylation sites (tertiary alicyclic amines) is 1. The summed E-state index contributed by atoms with van der Waals surface area (Å²) in [6.45, 7) is 3.19. The number of nitrogens with zero attached hydrogens (tertiary/aromatic N) is 1. The molecule has 24 heavy (non-hydrogen) atoms. The van der Waals surface area contributed by atoms with E-state index in [4.69, 9.17) is 0 Å². The van der Waals surface area contributed by atoms with Gasteiger partial charge in [0.25, 0.3) is 0 Å². The molecule has 5 heteroatoms. The Morgan fingerprint density at radius 1 is 1.21 bits per heavy atom. The van der Waals surface area contributed by atoms with Gasteiger partial charge < -0.3 is 15.5 Å². The number of nitrogens with one attached hydrogen (secondary N) is 2. The van der Waals surface area contributed by atoms with Crippen LogP contribution in [0.3, 0.4) is 0 Å². The van der Waals surface area contributed by atoms with Gasteiger partial charge in [0.1, 0.15) is 0 Å². The predicted octanol–water partition coefficient (Wildman–Crippen LogP) is 1.34. The maximum atomic E-state index is 12.4. The average Bonchev–Trinajstić information content (AvgIpc) is 3.10. The molecule has 1 aromatic carbocycles. The number of aryl methyl sites for hydroxylation is 1. The average molecular weight is 329 g/mol. The number of carbonyl (C=O) groups excluding carboxylic acids is 2. The molecular formula is C19H27N3O2. The molecule has 2 saturated heterocycles. The molecule has 0 saturated carbocycles. The SMILES string of the molecule is O=C(NC1CCN(C(=O)CCc2ccccc2)C1)C1CCCNC1. The summed E-state index contributed by atoms with van der Waals surface area (Å²) in [5, 5.41) is 6.41. The third-order valence-electron chi connectivity index (χ3n) is 5.03. The smallest absolute Gasteiger partial charge is 0.224 e. The lowest BCUT2D eigenvalue weighted by atomic mass is 9.98.